The number of carbonyl (C=O) groups excluding carboxylic acids is 2. The minimum absolute atomic E-state index is 0.788. The topological polar surface area (TPSA) is 423 Å². The second-order valence-corrected chi connectivity index (χ2v) is 14.0. The summed E-state index contributed by atoms with van der Waals surface area (Å²) in [6.07, 6.45) is -36.0. The molecular weight excluding hydrogens is 784 g/mol. The van der Waals surface area contributed by atoms with Gasteiger partial charge in [0.25, 0.3) is 5.79 Å². The number of aliphatic hydroxyl groups is 13. The first-order chi connectivity index (χ1) is 26.7. The number of amides is 2. The van der Waals surface area contributed by atoms with Gasteiger partial charge in [0.2, 0.25) is 11.8 Å². The van der Waals surface area contributed by atoms with Crippen molar-refractivity contribution in [1.29, 1.82) is 0 Å². The van der Waals surface area contributed by atoms with Gasteiger partial charge in [0.05, 0.1) is 38.6 Å². The second-order valence-electron chi connectivity index (χ2n) is 14.0. The van der Waals surface area contributed by atoms with E-state index in [4.69, 9.17) is 33.2 Å². The van der Waals surface area contributed by atoms with E-state index in [1.54, 1.807) is 0 Å². The molecule has 0 bridgehead atoms. The molecule has 330 valence electrons. The fourth-order valence-corrected chi connectivity index (χ4v) is 7.05. The maximum absolute atomic E-state index is 12.9. The third-order valence-corrected chi connectivity index (χ3v) is 9.98. The molecule has 26 heteroatoms. The fourth-order valence-electron chi connectivity index (χ4n) is 7.05. The number of aliphatic carboxylic acids is 1. The molecule has 0 aromatic rings. The van der Waals surface area contributed by atoms with Gasteiger partial charge in [0.1, 0.15) is 91.5 Å². The molecule has 4 aliphatic heterocycles. The van der Waals surface area contributed by atoms with E-state index >= 15 is 0 Å². The third kappa shape index (κ3) is 10.2. The lowest BCUT2D eigenvalue weighted by Gasteiger charge is -2.51. The molecule has 4 saturated heterocycles. The lowest BCUT2D eigenvalue weighted by Crippen LogP contribution is -2.72. The van der Waals surface area contributed by atoms with E-state index in [0.717, 1.165) is 13.8 Å². The van der Waals surface area contributed by atoms with Crippen molar-refractivity contribution >= 4 is 17.8 Å². The molecular formula is C31H52N2O24. The van der Waals surface area contributed by atoms with E-state index < -0.39 is 179 Å². The standard InChI is InChI=1S/C31H52N2O24/c1-8(38)32-15-10(40)3-31(30(49)50,56-24(15)17(42)11(41)4-34)57-25-16(33-9(2)39)28(52-13(6-36)18(25)43)54-23-14(7-37)53-29(21(46)20(23)45)55-26-19(44)12(5-35)51-27(48)22(26)47/h10-29,34-37,40-48H,3-7H2,1-2H3,(H,32,38)(H,33,39)(H,49,50)/t10-,11+,12+,13+,14+,15+,16+,17+,18-,19+,20+,21+,22+,23-,24+,25+,26-,27?,28-,29-,31-/m0/s1. The summed E-state index contributed by atoms with van der Waals surface area (Å²) in [6, 6.07) is -3.47. The van der Waals surface area contributed by atoms with Crippen LogP contribution in [0.25, 0.3) is 0 Å². The number of ether oxygens (including phenoxy) is 7. The van der Waals surface area contributed by atoms with E-state index in [1.165, 1.54) is 0 Å². The van der Waals surface area contributed by atoms with E-state index in [1.807, 2.05) is 0 Å². The van der Waals surface area contributed by atoms with Crippen LogP contribution in [0.5, 0.6) is 0 Å². The largest absolute Gasteiger partial charge is 0.477 e. The van der Waals surface area contributed by atoms with E-state index in [-0.39, 0.29) is 0 Å². The van der Waals surface area contributed by atoms with Crippen molar-refractivity contribution in [3.8, 4) is 0 Å². The maximum atomic E-state index is 12.9. The molecule has 1 unspecified atom stereocenters. The molecule has 26 nitrogen and oxygen atoms in total. The second kappa shape index (κ2) is 19.8. The Hall–Kier alpha value is -2.39. The van der Waals surface area contributed by atoms with Gasteiger partial charge in [0.15, 0.2) is 18.9 Å². The molecule has 21 atom stereocenters. The summed E-state index contributed by atoms with van der Waals surface area (Å²) in [4.78, 5) is 37.4. The van der Waals surface area contributed by atoms with E-state index in [2.05, 4.69) is 10.6 Å². The Balaban J connectivity index is 1.66. The Morgan fingerprint density at radius 2 is 1.21 bits per heavy atom. The summed E-state index contributed by atoms with van der Waals surface area (Å²) in [7, 11) is 0. The molecule has 4 aliphatic rings. The molecule has 0 aliphatic carbocycles. The number of nitrogens with one attached hydrogen (secondary N) is 2. The van der Waals surface area contributed by atoms with Crippen LogP contribution >= 0.6 is 0 Å². The number of carboxylic acids is 1. The molecule has 0 spiro atoms. The highest BCUT2D eigenvalue weighted by atomic mass is 16.8. The molecule has 4 heterocycles. The van der Waals surface area contributed by atoms with Crippen LogP contribution in [-0.4, -0.2) is 244 Å². The Bertz CT molecular complexity index is 1350. The zero-order chi connectivity index (χ0) is 42.7. The summed E-state index contributed by atoms with van der Waals surface area (Å²) in [5, 5.41) is 151. The highest BCUT2D eigenvalue weighted by Crippen LogP contribution is 2.39. The third-order valence-electron chi connectivity index (χ3n) is 9.98. The predicted molar refractivity (Wildman–Crippen MR) is 174 cm³/mol. The maximum Gasteiger partial charge on any atom is 0.364 e. The molecule has 57 heavy (non-hydrogen) atoms. The first-order valence-corrected chi connectivity index (χ1v) is 17.7. The van der Waals surface area contributed by atoms with Gasteiger partial charge in [-0.3, -0.25) is 9.59 Å². The van der Waals surface area contributed by atoms with Crippen LogP contribution in [0.4, 0.5) is 0 Å². The van der Waals surface area contributed by atoms with Gasteiger partial charge in [-0.25, -0.2) is 4.79 Å². The number of hydrogen-bond acceptors (Lipinski definition) is 23. The summed E-state index contributed by atoms with van der Waals surface area (Å²) in [6.45, 7) is -2.02. The van der Waals surface area contributed by atoms with Gasteiger partial charge < -0.3 is 115 Å². The molecule has 16 N–H and O–H groups in total. The Morgan fingerprint density at radius 1 is 0.684 bits per heavy atom. The monoisotopic (exact) mass is 836 g/mol. The highest BCUT2D eigenvalue weighted by molar-refractivity contribution is 5.77. The normalized spacial score (nSPS) is 45.1. The Morgan fingerprint density at radius 3 is 1.75 bits per heavy atom. The van der Waals surface area contributed by atoms with Gasteiger partial charge in [-0.15, -0.1) is 0 Å². The van der Waals surface area contributed by atoms with Gasteiger partial charge in [-0.2, -0.15) is 0 Å². The number of rotatable bonds is 15. The van der Waals surface area contributed by atoms with Crippen LogP contribution in [0, 0.1) is 0 Å². The van der Waals surface area contributed by atoms with Gasteiger partial charge in [-0.1, -0.05) is 0 Å². The molecule has 0 aromatic heterocycles. The quantitative estimate of drug-likeness (QED) is 0.0728. The number of carbonyl (C=O) groups is 3. The zero-order valence-electron chi connectivity index (χ0n) is 30.4. The van der Waals surface area contributed by atoms with Gasteiger partial charge in [0, 0.05) is 20.3 Å². The predicted octanol–water partition coefficient (Wildman–Crippen LogP) is -10.3. The van der Waals surface area contributed by atoms with Crippen LogP contribution in [0.1, 0.15) is 20.3 Å². The molecule has 0 radical (unpaired) electrons. The summed E-state index contributed by atoms with van der Waals surface area (Å²) >= 11 is 0. The summed E-state index contributed by atoms with van der Waals surface area (Å²) < 4.78 is 38.9. The fraction of sp³-hybridized carbons (Fsp3) is 0.903. The van der Waals surface area contributed by atoms with Gasteiger partial charge in [-0.05, 0) is 0 Å². The minimum Gasteiger partial charge on any atom is -0.477 e. The van der Waals surface area contributed by atoms with Crippen molar-refractivity contribution in [3.63, 3.8) is 0 Å². The first-order valence-electron chi connectivity index (χ1n) is 17.7. The number of hydrogen-bond donors (Lipinski definition) is 16. The Kier molecular flexibility index (Phi) is 16.4. The summed E-state index contributed by atoms with van der Waals surface area (Å²) in [5.41, 5.74) is 0. The molecule has 2 amide bonds. The van der Waals surface area contributed by atoms with E-state index in [0.29, 0.717) is 0 Å². The number of carboxylic acid groups (broad SMARTS) is 1. The van der Waals surface area contributed by atoms with Crippen molar-refractivity contribution in [2.75, 3.05) is 26.4 Å². The lowest BCUT2D eigenvalue weighted by atomic mass is 9.88. The zero-order valence-corrected chi connectivity index (χ0v) is 30.4. The van der Waals surface area contributed by atoms with Crippen LogP contribution in [0.15, 0.2) is 0 Å². The van der Waals surface area contributed by atoms with Crippen molar-refractivity contribution < 1.29 is 119 Å². The first kappa shape index (κ1) is 47.3. The van der Waals surface area contributed by atoms with Crippen LogP contribution < -0.4 is 10.6 Å². The smallest absolute Gasteiger partial charge is 0.364 e. The minimum atomic E-state index is -3.11. The van der Waals surface area contributed by atoms with Crippen LogP contribution in [-0.2, 0) is 47.5 Å². The van der Waals surface area contributed by atoms with Crippen molar-refractivity contribution in [1.82, 2.24) is 10.6 Å². The molecule has 4 rings (SSSR count). The van der Waals surface area contributed by atoms with Crippen LogP contribution in [0.2, 0.25) is 0 Å². The molecule has 0 aromatic carbocycles. The average molecular weight is 837 g/mol. The lowest BCUT2D eigenvalue weighted by molar-refractivity contribution is -0.381. The average Bonchev–Trinajstić information content (AvgIpc) is 3.16. The van der Waals surface area contributed by atoms with Crippen molar-refractivity contribution in [2.24, 2.45) is 0 Å². The van der Waals surface area contributed by atoms with E-state index in [9.17, 15) is 85.9 Å². The Labute approximate surface area is 322 Å². The van der Waals surface area contributed by atoms with Crippen LogP contribution in [0.3, 0.4) is 0 Å². The SMILES string of the molecule is CC(=O)N[C@H]1[C@H](O[C@@H]2[C@H](O)[C@@H](O)[C@H](O[C@H]3[C@H](O)[C@@H](CO)OC(O)[C@@H]3O)O[C@@H]2CO)O[C@H](CO)[C@H](O)[C@@H]1O[C@]1(C(=O)O)C[C@H](O)[C@@H](NC(C)=O)[C@H]([C@H](O)[C@H](O)CO)O1. The molecule has 0 saturated carbocycles. The number of aliphatic hydroxyl groups excluding tert-OH is 13. The molecule has 4 fully saturated rings. The summed E-state index contributed by atoms with van der Waals surface area (Å²) in [5.74, 6) is -6.81. The van der Waals surface area contributed by atoms with Crippen molar-refractivity contribution in [3.05, 3.63) is 0 Å². The van der Waals surface area contributed by atoms with Crippen molar-refractivity contribution in [2.45, 2.75) is 149 Å². The highest BCUT2D eigenvalue weighted by Gasteiger charge is 2.60. The van der Waals surface area contributed by atoms with Gasteiger partial charge >= 0.3 is 5.97 Å².